The van der Waals surface area contributed by atoms with Crippen LogP contribution >= 0.6 is 0 Å². The van der Waals surface area contributed by atoms with Gasteiger partial charge >= 0.3 is 5.97 Å². The summed E-state index contributed by atoms with van der Waals surface area (Å²) in [7, 11) is 0. The van der Waals surface area contributed by atoms with Gasteiger partial charge < -0.3 is 5.11 Å². The SMILES string of the molecule is O=C(O)c1cnc(C2CCC2)nc1C(F)F. The fourth-order valence-electron chi connectivity index (χ4n) is 1.60. The first-order chi connectivity index (χ1) is 7.59. The van der Waals surface area contributed by atoms with E-state index in [0.29, 0.717) is 5.82 Å². The molecule has 0 unspecified atom stereocenters. The summed E-state index contributed by atoms with van der Waals surface area (Å²) in [5, 5.41) is 8.70. The first-order valence-corrected chi connectivity index (χ1v) is 4.98. The Kier molecular flexibility index (Phi) is 2.80. The number of rotatable bonds is 3. The Morgan fingerprint density at radius 1 is 1.50 bits per heavy atom. The van der Waals surface area contributed by atoms with E-state index in [1.165, 1.54) is 0 Å². The molecule has 0 radical (unpaired) electrons. The van der Waals surface area contributed by atoms with Gasteiger partial charge in [0.1, 0.15) is 17.1 Å². The highest BCUT2D eigenvalue weighted by Gasteiger charge is 2.26. The van der Waals surface area contributed by atoms with Gasteiger partial charge in [-0.2, -0.15) is 0 Å². The van der Waals surface area contributed by atoms with Crippen molar-refractivity contribution in [2.75, 3.05) is 0 Å². The van der Waals surface area contributed by atoms with E-state index < -0.39 is 23.7 Å². The van der Waals surface area contributed by atoms with E-state index in [1.54, 1.807) is 0 Å². The molecule has 1 aliphatic rings. The van der Waals surface area contributed by atoms with Crippen LogP contribution in [0.4, 0.5) is 8.78 Å². The molecule has 0 atom stereocenters. The Morgan fingerprint density at radius 2 is 2.19 bits per heavy atom. The Labute approximate surface area is 90.3 Å². The van der Waals surface area contributed by atoms with Gasteiger partial charge in [0.2, 0.25) is 0 Å². The molecule has 1 heterocycles. The first-order valence-electron chi connectivity index (χ1n) is 4.98. The van der Waals surface area contributed by atoms with Crippen LogP contribution in [0.15, 0.2) is 6.20 Å². The molecule has 1 saturated carbocycles. The van der Waals surface area contributed by atoms with E-state index in [-0.39, 0.29) is 5.92 Å². The van der Waals surface area contributed by atoms with Crippen LogP contribution in [0, 0.1) is 0 Å². The first kappa shape index (κ1) is 10.9. The molecule has 0 bridgehead atoms. The average Bonchev–Trinajstić information content (AvgIpc) is 2.14. The van der Waals surface area contributed by atoms with Crippen molar-refractivity contribution in [1.29, 1.82) is 0 Å². The molecule has 0 spiro atoms. The Bertz CT molecular complexity index is 419. The highest BCUT2D eigenvalue weighted by atomic mass is 19.3. The zero-order valence-corrected chi connectivity index (χ0v) is 8.36. The summed E-state index contributed by atoms with van der Waals surface area (Å²) in [5.41, 5.74) is -1.19. The van der Waals surface area contributed by atoms with Gasteiger partial charge in [-0.05, 0) is 12.8 Å². The van der Waals surface area contributed by atoms with Crippen LogP contribution in [-0.2, 0) is 0 Å². The molecule has 16 heavy (non-hydrogen) atoms. The van der Waals surface area contributed by atoms with Gasteiger partial charge in [-0.25, -0.2) is 23.5 Å². The maximum atomic E-state index is 12.6. The number of alkyl halides is 2. The zero-order chi connectivity index (χ0) is 11.7. The van der Waals surface area contributed by atoms with Crippen LogP contribution in [0.25, 0.3) is 0 Å². The summed E-state index contributed by atoms with van der Waals surface area (Å²) in [4.78, 5) is 18.2. The second-order valence-electron chi connectivity index (χ2n) is 3.76. The molecule has 1 aliphatic carbocycles. The standard InChI is InChI=1S/C10H10F2N2O2/c11-8(12)7-6(10(15)16)4-13-9(14-7)5-2-1-3-5/h4-5,8H,1-3H2,(H,15,16). The van der Waals surface area contributed by atoms with E-state index in [4.69, 9.17) is 5.11 Å². The maximum absolute atomic E-state index is 12.6. The minimum absolute atomic E-state index is 0.111. The lowest BCUT2D eigenvalue weighted by Gasteiger charge is -2.24. The molecule has 6 heteroatoms. The Morgan fingerprint density at radius 3 is 2.62 bits per heavy atom. The molecule has 86 valence electrons. The molecule has 0 saturated heterocycles. The van der Waals surface area contributed by atoms with Crippen molar-refractivity contribution < 1.29 is 18.7 Å². The highest BCUT2D eigenvalue weighted by molar-refractivity contribution is 5.88. The second kappa shape index (κ2) is 4.11. The average molecular weight is 228 g/mol. The van der Waals surface area contributed by atoms with Gasteiger partial charge in [0, 0.05) is 12.1 Å². The summed E-state index contributed by atoms with van der Waals surface area (Å²) in [6.45, 7) is 0. The van der Waals surface area contributed by atoms with Gasteiger partial charge in [0.15, 0.2) is 0 Å². The number of aromatic carboxylic acids is 1. The number of hydrogen-bond donors (Lipinski definition) is 1. The zero-order valence-electron chi connectivity index (χ0n) is 8.36. The molecular formula is C10H10F2N2O2. The third-order valence-corrected chi connectivity index (χ3v) is 2.74. The van der Waals surface area contributed by atoms with Crippen molar-refractivity contribution in [2.24, 2.45) is 0 Å². The number of carboxylic acids is 1. The van der Waals surface area contributed by atoms with Crippen LogP contribution in [0.1, 0.15) is 53.5 Å². The van der Waals surface area contributed by atoms with Gasteiger partial charge in [0.05, 0.1) is 0 Å². The topological polar surface area (TPSA) is 63.1 Å². The summed E-state index contributed by atoms with van der Waals surface area (Å²) >= 11 is 0. The van der Waals surface area contributed by atoms with Crippen molar-refractivity contribution in [3.63, 3.8) is 0 Å². The van der Waals surface area contributed by atoms with Crippen molar-refractivity contribution in [1.82, 2.24) is 9.97 Å². The second-order valence-corrected chi connectivity index (χ2v) is 3.76. The Hall–Kier alpha value is -1.59. The van der Waals surface area contributed by atoms with Gasteiger partial charge in [0.25, 0.3) is 6.43 Å². The minimum Gasteiger partial charge on any atom is -0.478 e. The van der Waals surface area contributed by atoms with Crippen LogP contribution in [0.3, 0.4) is 0 Å². The van der Waals surface area contributed by atoms with Gasteiger partial charge in [-0.1, -0.05) is 6.42 Å². The summed E-state index contributed by atoms with van der Waals surface area (Å²) in [6, 6.07) is 0. The number of nitrogens with zero attached hydrogens (tertiary/aromatic N) is 2. The third-order valence-electron chi connectivity index (χ3n) is 2.74. The normalized spacial score (nSPS) is 16.2. The lowest BCUT2D eigenvalue weighted by Crippen LogP contribution is -2.16. The van der Waals surface area contributed by atoms with Crippen LogP contribution in [0.5, 0.6) is 0 Å². The summed E-state index contributed by atoms with van der Waals surface area (Å²) < 4.78 is 25.2. The number of aromatic nitrogens is 2. The number of carboxylic acid groups (broad SMARTS) is 1. The van der Waals surface area contributed by atoms with E-state index in [0.717, 1.165) is 25.5 Å². The van der Waals surface area contributed by atoms with E-state index >= 15 is 0 Å². The van der Waals surface area contributed by atoms with E-state index in [1.807, 2.05) is 0 Å². The van der Waals surface area contributed by atoms with Crippen molar-refractivity contribution in [3.05, 3.63) is 23.3 Å². The maximum Gasteiger partial charge on any atom is 0.339 e. The monoisotopic (exact) mass is 228 g/mol. The smallest absolute Gasteiger partial charge is 0.339 e. The molecule has 1 N–H and O–H groups in total. The largest absolute Gasteiger partial charge is 0.478 e. The third kappa shape index (κ3) is 1.87. The van der Waals surface area contributed by atoms with Crippen molar-refractivity contribution in [3.8, 4) is 0 Å². The molecule has 1 aromatic rings. The van der Waals surface area contributed by atoms with Gasteiger partial charge in [-0.15, -0.1) is 0 Å². The molecule has 0 aliphatic heterocycles. The predicted octanol–water partition coefficient (Wildman–Crippen LogP) is 2.38. The van der Waals surface area contributed by atoms with Crippen LogP contribution in [0.2, 0.25) is 0 Å². The van der Waals surface area contributed by atoms with Gasteiger partial charge in [-0.3, -0.25) is 0 Å². The molecule has 2 rings (SSSR count). The lowest BCUT2D eigenvalue weighted by atomic mass is 9.85. The molecule has 1 fully saturated rings. The quantitative estimate of drug-likeness (QED) is 0.862. The molecule has 1 aromatic heterocycles. The molecule has 0 amide bonds. The molecule has 4 nitrogen and oxygen atoms in total. The fraction of sp³-hybridized carbons (Fsp3) is 0.500. The molecule has 0 aromatic carbocycles. The molecular weight excluding hydrogens is 218 g/mol. The number of halogens is 2. The minimum atomic E-state index is -2.88. The van der Waals surface area contributed by atoms with E-state index in [9.17, 15) is 13.6 Å². The van der Waals surface area contributed by atoms with Crippen LogP contribution in [-0.4, -0.2) is 21.0 Å². The number of hydrogen-bond acceptors (Lipinski definition) is 3. The van der Waals surface area contributed by atoms with Crippen LogP contribution < -0.4 is 0 Å². The Balaban J connectivity index is 2.38. The number of carbonyl (C=O) groups is 1. The predicted molar refractivity (Wildman–Crippen MR) is 50.5 cm³/mol. The fourth-order valence-corrected chi connectivity index (χ4v) is 1.60. The lowest BCUT2D eigenvalue weighted by molar-refractivity contribution is 0.0681. The van der Waals surface area contributed by atoms with E-state index in [2.05, 4.69) is 9.97 Å². The summed E-state index contributed by atoms with van der Waals surface area (Å²) in [6.07, 6.45) is 0.904. The highest BCUT2D eigenvalue weighted by Crippen LogP contribution is 2.35. The summed E-state index contributed by atoms with van der Waals surface area (Å²) in [5.74, 6) is -0.970. The van der Waals surface area contributed by atoms with Crippen molar-refractivity contribution in [2.45, 2.75) is 31.6 Å². The van der Waals surface area contributed by atoms with Crippen molar-refractivity contribution >= 4 is 5.97 Å².